The molecular formula is C25H21ClF3N9O. The SMILES string of the molecule is Cn1cnc2cc(Oc3ccc(Nc4ncnc5cnc(N6CCN[C@H](C(F)(F)F)C6)nc45)cc3Cl)ccc21. The van der Waals surface area contributed by atoms with E-state index in [-0.39, 0.29) is 19.0 Å². The highest BCUT2D eigenvalue weighted by Gasteiger charge is 2.42. The molecule has 0 bridgehead atoms. The Kier molecular flexibility index (Phi) is 6.31. The minimum Gasteiger partial charge on any atom is -0.456 e. The Morgan fingerprint density at radius 2 is 1.95 bits per heavy atom. The molecule has 1 aliphatic heterocycles. The third-order valence-electron chi connectivity index (χ3n) is 6.34. The fourth-order valence-corrected chi connectivity index (χ4v) is 4.56. The normalized spacial score (nSPS) is 16.1. The molecule has 0 spiro atoms. The summed E-state index contributed by atoms with van der Waals surface area (Å²) in [5.41, 5.74) is 3.19. The zero-order chi connectivity index (χ0) is 27.1. The number of anilines is 3. The Balaban J connectivity index is 1.23. The molecule has 14 heteroatoms. The van der Waals surface area contributed by atoms with Crippen molar-refractivity contribution in [1.29, 1.82) is 0 Å². The quantitative estimate of drug-likeness (QED) is 0.315. The van der Waals surface area contributed by atoms with Crippen LogP contribution >= 0.6 is 11.6 Å². The van der Waals surface area contributed by atoms with Gasteiger partial charge in [-0.15, -0.1) is 0 Å². The van der Waals surface area contributed by atoms with E-state index < -0.39 is 12.2 Å². The number of aromatic nitrogens is 6. The topological polar surface area (TPSA) is 106 Å². The third kappa shape index (κ3) is 5.10. The fraction of sp³-hybridized carbons (Fsp3) is 0.240. The summed E-state index contributed by atoms with van der Waals surface area (Å²) in [6.07, 6.45) is 0.184. The molecule has 0 radical (unpaired) electrons. The van der Waals surface area contributed by atoms with Gasteiger partial charge in [0, 0.05) is 38.4 Å². The summed E-state index contributed by atoms with van der Waals surface area (Å²) in [6, 6.07) is 9.08. The largest absolute Gasteiger partial charge is 0.456 e. The van der Waals surface area contributed by atoms with Crippen LogP contribution in [0.1, 0.15) is 0 Å². The zero-order valence-electron chi connectivity index (χ0n) is 20.4. The maximum atomic E-state index is 13.3. The molecule has 6 rings (SSSR count). The number of alkyl halides is 3. The summed E-state index contributed by atoms with van der Waals surface area (Å²) in [6.45, 7) is 0.194. The molecule has 200 valence electrons. The van der Waals surface area contributed by atoms with Crippen molar-refractivity contribution in [2.24, 2.45) is 7.05 Å². The molecule has 2 N–H and O–H groups in total. The molecular weight excluding hydrogens is 535 g/mol. The van der Waals surface area contributed by atoms with Crippen molar-refractivity contribution in [2.45, 2.75) is 12.2 Å². The molecule has 0 unspecified atom stereocenters. The van der Waals surface area contributed by atoms with E-state index in [1.807, 2.05) is 29.8 Å². The lowest BCUT2D eigenvalue weighted by Gasteiger charge is -2.34. The number of nitrogens with zero attached hydrogens (tertiary/aromatic N) is 7. The van der Waals surface area contributed by atoms with Gasteiger partial charge in [0.25, 0.3) is 0 Å². The van der Waals surface area contributed by atoms with Crippen molar-refractivity contribution in [2.75, 3.05) is 29.9 Å². The molecule has 3 aromatic heterocycles. The smallest absolute Gasteiger partial charge is 0.405 e. The Bertz CT molecular complexity index is 1680. The van der Waals surface area contributed by atoms with E-state index in [4.69, 9.17) is 16.3 Å². The molecule has 1 aliphatic rings. The van der Waals surface area contributed by atoms with E-state index in [2.05, 4.69) is 35.6 Å². The lowest BCUT2D eigenvalue weighted by atomic mass is 10.2. The molecule has 1 fully saturated rings. The highest BCUT2D eigenvalue weighted by Crippen LogP contribution is 2.34. The minimum atomic E-state index is -4.37. The summed E-state index contributed by atoms with van der Waals surface area (Å²) >= 11 is 6.52. The minimum absolute atomic E-state index is 0.157. The number of ether oxygens (including phenoxy) is 1. The van der Waals surface area contributed by atoms with Gasteiger partial charge in [-0.2, -0.15) is 13.2 Å². The predicted molar refractivity (Wildman–Crippen MR) is 141 cm³/mol. The number of aryl methyl sites for hydroxylation is 1. The van der Waals surface area contributed by atoms with Crippen LogP contribution < -0.4 is 20.3 Å². The molecule has 2 aromatic carbocycles. The van der Waals surface area contributed by atoms with Gasteiger partial charge in [-0.3, -0.25) is 0 Å². The average Bonchev–Trinajstić information content (AvgIpc) is 3.29. The van der Waals surface area contributed by atoms with Gasteiger partial charge in [0.05, 0.1) is 28.6 Å². The summed E-state index contributed by atoms with van der Waals surface area (Å²) in [5, 5.41) is 6.01. The van der Waals surface area contributed by atoms with Gasteiger partial charge < -0.3 is 24.8 Å². The number of fused-ring (bicyclic) bond motifs is 2. The first kappa shape index (κ1) is 25.1. The molecule has 5 aromatic rings. The number of hydrogen-bond acceptors (Lipinski definition) is 9. The van der Waals surface area contributed by atoms with Crippen molar-refractivity contribution in [3.8, 4) is 11.5 Å². The fourth-order valence-electron chi connectivity index (χ4n) is 4.34. The van der Waals surface area contributed by atoms with E-state index in [1.165, 1.54) is 17.4 Å². The van der Waals surface area contributed by atoms with E-state index in [1.54, 1.807) is 24.5 Å². The molecule has 0 amide bonds. The van der Waals surface area contributed by atoms with Crippen molar-refractivity contribution >= 4 is 51.1 Å². The van der Waals surface area contributed by atoms with E-state index in [0.29, 0.717) is 45.6 Å². The van der Waals surface area contributed by atoms with Crippen molar-refractivity contribution in [3.05, 3.63) is 60.3 Å². The highest BCUT2D eigenvalue weighted by molar-refractivity contribution is 6.32. The highest BCUT2D eigenvalue weighted by atomic mass is 35.5. The lowest BCUT2D eigenvalue weighted by Crippen LogP contribution is -2.57. The Morgan fingerprint density at radius 1 is 1.08 bits per heavy atom. The maximum absolute atomic E-state index is 13.3. The second kappa shape index (κ2) is 9.82. The van der Waals surface area contributed by atoms with Crippen LogP contribution in [0.15, 0.2) is 55.2 Å². The molecule has 4 heterocycles. The number of piperazine rings is 1. The van der Waals surface area contributed by atoms with Crippen molar-refractivity contribution < 1.29 is 17.9 Å². The van der Waals surface area contributed by atoms with Crippen LogP contribution in [0.4, 0.5) is 30.6 Å². The van der Waals surface area contributed by atoms with Crippen molar-refractivity contribution in [3.63, 3.8) is 0 Å². The first-order valence-electron chi connectivity index (χ1n) is 11.9. The van der Waals surface area contributed by atoms with Gasteiger partial charge in [-0.05, 0) is 30.3 Å². The molecule has 10 nitrogen and oxygen atoms in total. The van der Waals surface area contributed by atoms with Crippen molar-refractivity contribution in [1.82, 2.24) is 34.8 Å². The number of imidazole rings is 1. The van der Waals surface area contributed by atoms with Gasteiger partial charge in [-0.1, -0.05) is 11.6 Å². The number of halogens is 4. The standard InChI is InChI=1S/C25H21ClF3N9O/c1-37-13-34-17-9-15(3-4-19(17)37)39-20-5-2-14(8-16(20)26)35-23-22-18(32-12-33-23)10-31-24(36-22)38-7-6-30-21(11-38)25(27,28)29/h2-5,8-10,12-13,21,30H,6-7,11H2,1H3,(H,32,33,35)/t21-/m0/s1. The van der Waals surface area contributed by atoms with Gasteiger partial charge in [0.2, 0.25) is 5.95 Å². The molecule has 1 atom stereocenters. The number of rotatable bonds is 5. The van der Waals surface area contributed by atoms with Crippen LogP contribution in [0.3, 0.4) is 0 Å². The van der Waals surface area contributed by atoms with Crippen LogP contribution in [0.2, 0.25) is 5.02 Å². The monoisotopic (exact) mass is 555 g/mol. The van der Waals surface area contributed by atoms with Crippen LogP contribution in [0, 0.1) is 0 Å². The second-order valence-corrected chi connectivity index (χ2v) is 9.41. The summed E-state index contributed by atoms with van der Waals surface area (Å²) in [4.78, 5) is 23.0. The Morgan fingerprint density at radius 3 is 2.77 bits per heavy atom. The molecule has 0 saturated carbocycles. The third-order valence-corrected chi connectivity index (χ3v) is 6.63. The second-order valence-electron chi connectivity index (χ2n) is 9.00. The Labute approximate surface area is 224 Å². The number of hydrogen-bond donors (Lipinski definition) is 2. The molecule has 0 aliphatic carbocycles. The van der Waals surface area contributed by atoms with E-state index in [9.17, 15) is 13.2 Å². The van der Waals surface area contributed by atoms with E-state index in [0.717, 1.165) is 11.0 Å². The van der Waals surface area contributed by atoms with Crippen LogP contribution in [-0.2, 0) is 7.05 Å². The zero-order valence-corrected chi connectivity index (χ0v) is 21.2. The first-order valence-corrected chi connectivity index (χ1v) is 12.3. The van der Waals surface area contributed by atoms with Gasteiger partial charge >= 0.3 is 6.18 Å². The van der Waals surface area contributed by atoms with Gasteiger partial charge in [0.15, 0.2) is 5.82 Å². The first-order chi connectivity index (χ1) is 18.7. The maximum Gasteiger partial charge on any atom is 0.405 e. The van der Waals surface area contributed by atoms with Crippen LogP contribution in [-0.4, -0.2) is 61.3 Å². The Hall–Kier alpha value is -4.23. The summed E-state index contributed by atoms with van der Waals surface area (Å²) in [5.74, 6) is 1.57. The average molecular weight is 556 g/mol. The molecule has 1 saturated heterocycles. The predicted octanol–water partition coefficient (Wildman–Crippen LogP) is 4.84. The van der Waals surface area contributed by atoms with E-state index >= 15 is 0 Å². The van der Waals surface area contributed by atoms with Gasteiger partial charge in [0.1, 0.15) is 34.9 Å². The van der Waals surface area contributed by atoms with Crippen LogP contribution in [0.5, 0.6) is 11.5 Å². The number of nitrogens with one attached hydrogen (secondary N) is 2. The molecule has 39 heavy (non-hydrogen) atoms. The van der Waals surface area contributed by atoms with Gasteiger partial charge in [-0.25, -0.2) is 24.9 Å². The summed E-state index contributed by atoms with van der Waals surface area (Å²) in [7, 11) is 1.92. The lowest BCUT2D eigenvalue weighted by molar-refractivity contribution is -0.155. The van der Waals surface area contributed by atoms with Crippen LogP contribution in [0.25, 0.3) is 22.1 Å². The summed E-state index contributed by atoms with van der Waals surface area (Å²) < 4.78 is 47.6. The number of benzene rings is 2.